The number of para-hydroxylation sites is 1. The van der Waals surface area contributed by atoms with E-state index in [4.69, 9.17) is 9.47 Å². The van der Waals surface area contributed by atoms with Gasteiger partial charge in [-0.3, -0.25) is 4.79 Å². The molecule has 0 bridgehead atoms. The Hall–Kier alpha value is -2.93. The molecule has 3 heterocycles. The van der Waals surface area contributed by atoms with Crippen molar-refractivity contribution in [2.45, 2.75) is 6.61 Å². The van der Waals surface area contributed by atoms with Gasteiger partial charge in [-0.1, -0.05) is 18.2 Å². The Morgan fingerprint density at radius 2 is 1.96 bits per heavy atom. The highest BCUT2D eigenvalue weighted by atomic mass is 16.5. The number of rotatable bonds is 4. The minimum atomic E-state index is -0.0298. The number of aromatic nitrogens is 3. The lowest BCUT2D eigenvalue weighted by Gasteiger charge is -2.27. The van der Waals surface area contributed by atoms with Crippen molar-refractivity contribution in [3.05, 3.63) is 60.0 Å². The zero-order chi connectivity index (χ0) is 17.1. The molecule has 0 spiro atoms. The molecule has 2 aromatic heterocycles. The van der Waals surface area contributed by atoms with Crippen molar-refractivity contribution >= 4 is 11.6 Å². The van der Waals surface area contributed by atoms with E-state index in [0.717, 1.165) is 11.3 Å². The Kier molecular flexibility index (Phi) is 4.30. The summed E-state index contributed by atoms with van der Waals surface area (Å²) in [5.41, 5.74) is 2.19. The summed E-state index contributed by atoms with van der Waals surface area (Å²) in [6, 6.07) is 13.0. The largest absolute Gasteiger partial charge is 0.486 e. The molecule has 1 aromatic carbocycles. The number of ether oxygens (including phenoxy) is 2. The van der Waals surface area contributed by atoms with Gasteiger partial charge in [-0.25, -0.2) is 9.50 Å². The summed E-state index contributed by atoms with van der Waals surface area (Å²) < 4.78 is 13.0. The lowest BCUT2D eigenvalue weighted by molar-refractivity contribution is 0.0300. The van der Waals surface area contributed by atoms with Crippen molar-refractivity contribution in [1.82, 2.24) is 19.5 Å². The molecule has 7 nitrogen and oxygen atoms in total. The SMILES string of the molecule is O=C(c1ccccc1OCc1cccc2ncnn12)N1CCOCC1. The third-order valence-corrected chi connectivity index (χ3v) is 4.17. The van der Waals surface area contributed by atoms with E-state index in [0.29, 0.717) is 44.2 Å². The van der Waals surface area contributed by atoms with Crippen LogP contribution in [0.15, 0.2) is 48.8 Å². The highest BCUT2D eigenvalue weighted by molar-refractivity contribution is 5.97. The van der Waals surface area contributed by atoms with Crippen LogP contribution in [0.25, 0.3) is 5.65 Å². The molecule has 0 aliphatic carbocycles. The summed E-state index contributed by atoms with van der Waals surface area (Å²) in [5, 5.41) is 4.20. The maximum Gasteiger partial charge on any atom is 0.257 e. The van der Waals surface area contributed by atoms with Gasteiger partial charge in [0.05, 0.1) is 24.5 Å². The van der Waals surface area contributed by atoms with E-state index in [2.05, 4.69) is 10.1 Å². The van der Waals surface area contributed by atoms with E-state index >= 15 is 0 Å². The first-order valence-electron chi connectivity index (χ1n) is 8.19. The molecule has 3 aromatic rings. The van der Waals surface area contributed by atoms with Gasteiger partial charge >= 0.3 is 0 Å². The number of benzene rings is 1. The van der Waals surface area contributed by atoms with Crippen LogP contribution in [0.1, 0.15) is 16.1 Å². The number of hydrogen-bond donors (Lipinski definition) is 0. The fraction of sp³-hybridized carbons (Fsp3) is 0.278. The second-order valence-electron chi connectivity index (χ2n) is 5.74. The Morgan fingerprint density at radius 3 is 2.84 bits per heavy atom. The average molecular weight is 338 g/mol. The van der Waals surface area contributed by atoms with Crippen LogP contribution in [0.2, 0.25) is 0 Å². The monoisotopic (exact) mass is 338 g/mol. The molecule has 25 heavy (non-hydrogen) atoms. The first kappa shape index (κ1) is 15.6. The number of fused-ring (bicyclic) bond motifs is 1. The van der Waals surface area contributed by atoms with Crippen LogP contribution in [0.5, 0.6) is 5.75 Å². The normalized spacial score (nSPS) is 14.6. The molecule has 7 heteroatoms. The van der Waals surface area contributed by atoms with Crippen LogP contribution >= 0.6 is 0 Å². The number of nitrogens with zero attached hydrogens (tertiary/aromatic N) is 4. The Balaban J connectivity index is 1.55. The van der Waals surface area contributed by atoms with Gasteiger partial charge < -0.3 is 14.4 Å². The van der Waals surface area contributed by atoms with Gasteiger partial charge in [0.2, 0.25) is 0 Å². The second-order valence-corrected chi connectivity index (χ2v) is 5.74. The van der Waals surface area contributed by atoms with Crippen LogP contribution < -0.4 is 4.74 Å². The maximum absolute atomic E-state index is 12.8. The van der Waals surface area contributed by atoms with Crippen molar-refractivity contribution in [2.24, 2.45) is 0 Å². The summed E-state index contributed by atoms with van der Waals surface area (Å²) in [6.07, 6.45) is 1.51. The predicted octanol–water partition coefficient (Wildman–Crippen LogP) is 1.78. The smallest absolute Gasteiger partial charge is 0.257 e. The topological polar surface area (TPSA) is 69.0 Å². The summed E-state index contributed by atoms with van der Waals surface area (Å²) in [4.78, 5) is 18.7. The zero-order valence-electron chi connectivity index (χ0n) is 13.7. The minimum Gasteiger partial charge on any atom is -0.486 e. The fourth-order valence-corrected chi connectivity index (χ4v) is 2.87. The van der Waals surface area contributed by atoms with Gasteiger partial charge in [0.1, 0.15) is 18.7 Å². The minimum absolute atomic E-state index is 0.0298. The third-order valence-electron chi connectivity index (χ3n) is 4.17. The van der Waals surface area contributed by atoms with Gasteiger partial charge in [0.25, 0.3) is 5.91 Å². The Labute approximate surface area is 144 Å². The molecule has 1 saturated heterocycles. The number of morpholine rings is 1. The number of hydrogen-bond acceptors (Lipinski definition) is 5. The molecule has 4 rings (SSSR count). The van der Waals surface area contributed by atoms with Crippen molar-refractivity contribution in [2.75, 3.05) is 26.3 Å². The highest BCUT2D eigenvalue weighted by Crippen LogP contribution is 2.22. The second kappa shape index (κ2) is 6.90. The number of carbonyl (C=O) groups is 1. The Morgan fingerprint density at radius 1 is 1.12 bits per heavy atom. The van der Waals surface area contributed by atoms with Gasteiger partial charge in [0, 0.05) is 13.1 Å². The molecule has 0 radical (unpaired) electrons. The van der Waals surface area contributed by atoms with Crippen LogP contribution in [0, 0.1) is 0 Å². The standard InChI is InChI=1S/C18H18N4O3/c23-18(21-8-10-24-11-9-21)15-5-1-2-6-16(15)25-12-14-4-3-7-17-19-13-20-22(14)17/h1-7,13H,8-12H2. The lowest BCUT2D eigenvalue weighted by Crippen LogP contribution is -2.40. The zero-order valence-corrected chi connectivity index (χ0v) is 13.7. The third kappa shape index (κ3) is 3.18. The molecular formula is C18H18N4O3. The van der Waals surface area contributed by atoms with E-state index in [1.807, 2.05) is 36.4 Å². The highest BCUT2D eigenvalue weighted by Gasteiger charge is 2.21. The summed E-state index contributed by atoms with van der Waals surface area (Å²) in [6.45, 7) is 2.65. The van der Waals surface area contributed by atoms with Gasteiger partial charge in [0.15, 0.2) is 5.65 Å². The van der Waals surface area contributed by atoms with Crippen LogP contribution in [0.3, 0.4) is 0 Å². The molecule has 128 valence electrons. The van der Waals surface area contributed by atoms with Crippen molar-refractivity contribution in [3.63, 3.8) is 0 Å². The predicted molar refractivity (Wildman–Crippen MR) is 90.5 cm³/mol. The number of carbonyl (C=O) groups excluding carboxylic acids is 1. The molecule has 0 saturated carbocycles. The molecule has 1 amide bonds. The fourth-order valence-electron chi connectivity index (χ4n) is 2.87. The van der Waals surface area contributed by atoms with Gasteiger partial charge in [-0.15, -0.1) is 0 Å². The van der Waals surface area contributed by atoms with Gasteiger partial charge in [-0.2, -0.15) is 5.10 Å². The van der Waals surface area contributed by atoms with Crippen LogP contribution in [0.4, 0.5) is 0 Å². The first-order chi connectivity index (χ1) is 12.3. The van der Waals surface area contributed by atoms with Crippen molar-refractivity contribution < 1.29 is 14.3 Å². The van der Waals surface area contributed by atoms with Crippen molar-refractivity contribution in [1.29, 1.82) is 0 Å². The molecule has 0 unspecified atom stereocenters. The molecule has 1 fully saturated rings. The first-order valence-corrected chi connectivity index (χ1v) is 8.19. The Bertz CT molecular complexity index is 887. The van der Waals surface area contributed by atoms with Crippen LogP contribution in [-0.4, -0.2) is 51.7 Å². The molecular weight excluding hydrogens is 320 g/mol. The quantitative estimate of drug-likeness (QED) is 0.725. The van der Waals surface area contributed by atoms with Crippen LogP contribution in [-0.2, 0) is 11.3 Å². The van der Waals surface area contributed by atoms with E-state index in [-0.39, 0.29) is 5.91 Å². The summed E-state index contributed by atoms with van der Waals surface area (Å²) in [5.74, 6) is 0.536. The molecule has 1 aliphatic heterocycles. The number of amides is 1. The lowest BCUT2D eigenvalue weighted by atomic mass is 10.1. The van der Waals surface area contributed by atoms with E-state index in [1.165, 1.54) is 6.33 Å². The maximum atomic E-state index is 12.8. The summed E-state index contributed by atoms with van der Waals surface area (Å²) >= 11 is 0. The van der Waals surface area contributed by atoms with Gasteiger partial charge in [-0.05, 0) is 24.3 Å². The van der Waals surface area contributed by atoms with E-state index < -0.39 is 0 Å². The van der Waals surface area contributed by atoms with E-state index in [1.54, 1.807) is 15.5 Å². The average Bonchev–Trinajstić information content (AvgIpc) is 3.16. The number of pyridine rings is 1. The molecule has 0 atom stereocenters. The van der Waals surface area contributed by atoms with E-state index in [9.17, 15) is 4.79 Å². The molecule has 0 N–H and O–H groups in total. The van der Waals surface area contributed by atoms with Crippen molar-refractivity contribution in [3.8, 4) is 5.75 Å². The summed E-state index contributed by atoms with van der Waals surface area (Å²) in [7, 11) is 0. The molecule has 1 aliphatic rings.